The van der Waals surface area contributed by atoms with Gasteiger partial charge in [-0.15, -0.1) is 5.10 Å². The van der Waals surface area contributed by atoms with Crippen molar-refractivity contribution in [3.8, 4) is 0 Å². The highest BCUT2D eigenvalue weighted by molar-refractivity contribution is 5.91. The Balaban J connectivity index is 2.96. The van der Waals surface area contributed by atoms with Gasteiger partial charge in [0.15, 0.2) is 5.69 Å². The Kier molecular flexibility index (Phi) is 4.50. The maximum Gasteiger partial charge on any atom is 0.282 e. The fraction of sp³-hybridized carbons (Fsp3) is 0.667. The first kappa shape index (κ1) is 13.5. The van der Waals surface area contributed by atoms with Gasteiger partial charge in [-0.2, -0.15) is 0 Å². The minimum absolute atomic E-state index is 0.0278. The van der Waals surface area contributed by atoms with Crippen LogP contribution in [0, 0.1) is 5.92 Å². The molecule has 0 aliphatic carbocycles. The van der Waals surface area contributed by atoms with E-state index in [4.69, 9.17) is 10.5 Å². The van der Waals surface area contributed by atoms with Crippen molar-refractivity contribution in [2.24, 2.45) is 11.7 Å². The number of rotatable bonds is 6. The van der Waals surface area contributed by atoms with Crippen LogP contribution in [0.1, 0.15) is 29.5 Å². The number of methoxy groups -OCH3 is 1. The minimum atomic E-state index is -2.85. The van der Waals surface area contributed by atoms with Gasteiger partial charge in [0.05, 0.1) is 6.61 Å². The van der Waals surface area contributed by atoms with Gasteiger partial charge in [0.25, 0.3) is 12.3 Å². The van der Waals surface area contributed by atoms with Crippen molar-refractivity contribution in [1.29, 1.82) is 0 Å². The van der Waals surface area contributed by atoms with E-state index in [1.54, 1.807) is 0 Å². The van der Waals surface area contributed by atoms with Gasteiger partial charge in [-0.3, -0.25) is 4.79 Å². The lowest BCUT2D eigenvalue weighted by molar-refractivity contribution is 0.0973. The van der Waals surface area contributed by atoms with E-state index in [1.807, 2.05) is 6.92 Å². The van der Waals surface area contributed by atoms with Crippen LogP contribution in [0.2, 0.25) is 0 Å². The van der Waals surface area contributed by atoms with E-state index in [0.717, 1.165) is 4.68 Å². The molecule has 0 saturated heterocycles. The maximum atomic E-state index is 12.8. The van der Waals surface area contributed by atoms with Crippen molar-refractivity contribution in [2.45, 2.75) is 19.9 Å². The average Bonchev–Trinajstić information content (AvgIpc) is 2.61. The maximum absolute atomic E-state index is 12.8. The number of carbonyl (C=O) groups excluding carboxylic acids is 1. The summed E-state index contributed by atoms with van der Waals surface area (Å²) in [7, 11) is 1.51. The summed E-state index contributed by atoms with van der Waals surface area (Å²) in [4.78, 5) is 10.9. The van der Waals surface area contributed by atoms with Crippen LogP contribution in [0.3, 0.4) is 0 Å². The number of hydrogen-bond acceptors (Lipinski definition) is 4. The van der Waals surface area contributed by atoms with E-state index >= 15 is 0 Å². The smallest absolute Gasteiger partial charge is 0.282 e. The lowest BCUT2D eigenvalue weighted by Crippen LogP contribution is -2.18. The zero-order valence-electron chi connectivity index (χ0n) is 9.56. The number of ether oxygens (including phenoxy) is 1. The first-order valence-corrected chi connectivity index (χ1v) is 4.97. The fourth-order valence-electron chi connectivity index (χ4n) is 1.48. The Morgan fingerprint density at radius 1 is 1.59 bits per heavy atom. The third-order valence-electron chi connectivity index (χ3n) is 2.15. The SMILES string of the molecule is COCC(C)Cn1nnc(C(N)=O)c1C(F)F. The Labute approximate surface area is 96.7 Å². The molecule has 17 heavy (non-hydrogen) atoms. The second-order valence-electron chi connectivity index (χ2n) is 3.73. The summed E-state index contributed by atoms with van der Waals surface area (Å²) in [5, 5.41) is 6.88. The number of alkyl halides is 2. The molecule has 0 bridgehead atoms. The highest BCUT2D eigenvalue weighted by Gasteiger charge is 2.25. The highest BCUT2D eigenvalue weighted by atomic mass is 19.3. The van der Waals surface area contributed by atoms with Crippen molar-refractivity contribution >= 4 is 5.91 Å². The van der Waals surface area contributed by atoms with Crippen LogP contribution >= 0.6 is 0 Å². The molecule has 0 aliphatic rings. The average molecular weight is 248 g/mol. The number of halogens is 2. The van der Waals surface area contributed by atoms with Crippen molar-refractivity contribution in [3.05, 3.63) is 11.4 Å². The van der Waals surface area contributed by atoms with Crippen molar-refractivity contribution in [3.63, 3.8) is 0 Å². The Bertz CT molecular complexity index is 394. The Hall–Kier alpha value is -1.57. The van der Waals surface area contributed by atoms with Gasteiger partial charge < -0.3 is 10.5 Å². The molecule has 2 N–H and O–H groups in total. The van der Waals surface area contributed by atoms with Crippen LogP contribution in [0.25, 0.3) is 0 Å². The number of nitrogens with two attached hydrogens (primary N) is 1. The highest BCUT2D eigenvalue weighted by Crippen LogP contribution is 2.21. The Morgan fingerprint density at radius 2 is 2.24 bits per heavy atom. The zero-order chi connectivity index (χ0) is 13.0. The molecule has 1 amide bonds. The summed E-state index contributed by atoms with van der Waals surface area (Å²) >= 11 is 0. The van der Waals surface area contributed by atoms with Gasteiger partial charge in [-0.1, -0.05) is 12.1 Å². The molecule has 0 spiro atoms. The number of hydrogen-bond donors (Lipinski definition) is 1. The predicted octanol–water partition coefficient (Wildman–Crippen LogP) is 0.597. The topological polar surface area (TPSA) is 83.0 Å². The molecular formula is C9H14F2N4O2. The summed E-state index contributed by atoms with van der Waals surface area (Å²) in [5.74, 6) is -1.04. The van der Waals surface area contributed by atoms with Crippen molar-refractivity contribution in [2.75, 3.05) is 13.7 Å². The number of amides is 1. The van der Waals surface area contributed by atoms with Crippen molar-refractivity contribution < 1.29 is 18.3 Å². The number of carbonyl (C=O) groups is 1. The third-order valence-corrected chi connectivity index (χ3v) is 2.15. The second kappa shape index (κ2) is 5.67. The fourth-order valence-corrected chi connectivity index (χ4v) is 1.48. The van der Waals surface area contributed by atoms with Gasteiger partial charge in [0, 0.05) is 13.7 Å². The molecule has 0 radical (unpaired) electrons. The molecule has 1 aromatic heterocycles. The predicted molar refractivity (Wildman–Crippen MR) is 54.5 cm³/mol. The van der Waals surface area contributed by atoms with Crippen LogP contribution in [0.15, 0.2) is 0 Å². The summed E-state index contributed by atoms with van der Waals surface area (Å²) in [5.41, 5.74) is 3.92. The van der Waals surface area contributed by atoms with Crippen LogP contribution < -0.4 is 5.73 Å². The van der Waals surface area contributed by atoms with Gasteiger partial charge in [-0.05, 0) is 5.92 Å². The van der Waals surface area contributed by atoms with E-state index in [-0.39, 0.29) is 12.5 Å². The Morgan fingerprint density at radius 3 is 2.71 bits per heavy atom. The standard InChI is InChI=1S/C9H14F2N4O2/c1-5(4-17-2)3-15-7(8(10)11)6(9(12)16)13-14-15/h5,8H,3-4H2,1-2H3,(H2,12,16). The summed E-state index contributed by atoms with van der Waals surface area (Å²) in [6.07, 6.45) is -2.85. The molecule has 1 atom stereocenters. The molecule has 0 aliphatic heterocycles. The van der Waals surface area contributed by atoms with Gasteiger partial charge in [0.1, 0.15) is 5.69 Å². The molecule has 1 aromatic rings. The number of aromatic nitrogens is 3. The molecule has 0 saturated carbocycles. The summed E-state index contributed by atoms with van der Waals surface area (Å²) in [6, 6.07) is 0. The first-order chi connectivity index (χ1) is 7.97. The van der Waals surface area contributed by atoms with E-state index in [1.165, 1.54) is 7.11 Å². The van der Waals surface area contributed by atoms with E-state index in [2.05, 4.69) is 10.3 Å². The van der Waals surface area contributed by atoms with E-state index < -0.39 is 23.7 Å². The van der Waals surface area contributed by atoms with Crippen LogP contribution in [0.4, 0.5) is 8.78 Å². The summed E-state index contributed by atoms with van der Waals surface area (Å²) < 4.78 is 31.4. The molecule has 1 unspecified atom stereocenters. The first-order valence-electron chi connectivity index (χ1n) is 4.97. The molecule has 0 aromatic carbocycles. The summed E-state index contributed by atoms with van der Waals surface area (Å²) in [6.45, 7) is 2.40. The molecular weight excluding hydrogens is 234 g/mol. The normalized spacial score (nSPS) is 13.0. The number of primary amides is 1. The van der Waals surface area contributed by atoms with Crippen LogP contribution in [-0.4, -0.2) is 34.6 Å². The molecule has 0 fully saturated rings. The molecule has 6 nitrogen and oxygen atoms in total. The molecule has 96 valence electrons. The molecule has 1 heterocycles. The van der Waals surface area contributed by atoms with Crippen LogP contribution in [0.5, 0.6) is 0 Å². The zero-order valence-corrected chi connectivity index (χ0v) is 9.56. The number of nitrogens with zero attached hydrogens (tertiary/aromatic N) is 3. The monoisotopic (exact) mass is 248 g/mol. The second-order valence-corrected chi connectivity index (χ2v) is 3.73. The molecule has 8 heteroatoms. The van der Waals surface area contributed by atoms with E-state index in [9.17, 15) is 13.6 Å². The lowest BCUT2D eigenvalue weighted by Gasteiger charge is -2.11. The molecule has 1 rings (SSSR count). The van der Waals surface area contributed by atoms with Gasteiger partial charge >= 0.3 is 0 Å². The third kappa shape index (κ3) is 3.19. The van der Waals surface area contributed by atoms with Crippen molar-refractivity contribution in [1.82, 2.24) is 15.0 Å². The van der Waals surface area contributed by atoms with Gasteiger partial charge in [0.2, 0.25) is 0 Å². The van der Waals surface area contributed by atoms with Crippen LogP contribution in [-0.2, 0) is 11.3 Å². The largest absolute Gasteiger partial charge is 0.384 e. The van der Waals surface area contributed by atoms with Gasteiger partial charge in [-0.25, -0.2) is 13.5 Å². The quantitative estimate of drug-likeness (QED) is 0.799. The van der Waals surface area contributed by atoms with E-state index in [0.29, 0.717) is 6.61 Å². The minimum Gasteiger partial charge on any atom is -0.384 e. The lowest BCUT2D eigenvalue weighted by atomic mass is 10.2.